The lowest BCUT2D eigenvalue weighted by molar-refractivity contribution is -0.151. The van der Waals surface area contributed by atoms with Gasteiger partial charge in [-0.2, -0.15) is 0 Å². The monoisotopic (exact) mass is 617 g/mol. The number of rotatable bonds is 6. The lowest BCUT2D eigenvalue weighted by Gasteiger charge is -2.47. The van der Waals surface area contributed by atoms with Gasteiger partial charge in [0.05, 0.1) is 11.2 Å². The van der Waals surface area contributed by atoms with E-state index in [9.17, 15) is 19.5 Å². The Morgan fingerprint density at radius 1 is 1.07 bits per heavy atom. The Labute approximate surface area is 259 Å². The topological polar surface area (TPSA) is 183 Å². The van der Waals surface area contributed by atoms with Crippen LogP contribution in [0.2, 0.25) is 0 Å². The number of nitrogens with one attached hydrogen (secondary N) is 1. The number of nitrogens with two attached hydrogens (primary N) is 3. The second-order valence-corrected chi connectivity index (χ2v) is 12.7. The number of Topliss-reactive ketones (excluding diaryl/α,β-unsaturated/α-hetero) is 1. The summed E-state index contributed by atoms with van der Waals surface area (Å²) in [7, 11) is 1.34. The van der Waals surface area contributed by atoms with Crippen LogP contribution in [-0.4, -0.2) is 65.0 Å². The highest BCUT2D eigenvalue weighted by molar-refractivity contribution is 8.01. The molecule has 44 heavy (non-hydrogen) atoms. The maximum Gasteiger partial charge on any atom is 0.407 e. The number of likely N-dealkylation sites (tertiary alicyclic amines) is 1. The highest BCUT2D eigenvalue weighted by atomic mass is 32.2. The van der Waals surface area contributed by atoms with Crippen LogP contribution in [0.5, 0.6) is 11.5 Å². The van der Waals surface area contributed by atoms with Gasteiger partial charge >= 0.3 is 6.09 Å². The van der Waals surface area contributed by atoms with Crippen LogP contribution in [0.25, 0.3) is 0 Å². The molecule has 1 fully saturated rings. The first kappa shape index (κ1) is 29.9. The number of anilines is 1. The van der Waals surface area contributed by atoms with Gasteiger partial charge in [-0.3, -0.25) is 15.3 Å². The summed E-state index contributed by atoms with van der Waals surface area (Å²) in [5.74, 6) is -0.611. The first-order chi connectivity index (χ1) is 21.0. The lowest BCUT2D eigenvalue weighted by Crippen LogP contribution is -2.69. The van der Waals surface area contributed by atoms with Gasteiger partial charge in [-0.1, -0.05) is 30.3 Å². The molecule has 0 saturated carbocycles. The van der Waals surface area contributed by atoms with Gasteiger partial charge in [0, 0.05) is 36.8 Å². The molecule has 2 aliphatic heterocycles. The number of para-hydroxylation sites is 1. The first-order valence-corrected chi connectivity index (χ1v) is 15.3. The van der Waals surface area contributed by atoms with E-state index >= 15 is 0 Å². The second kappa shape index (κ2) is 11.1. The molecule has 1 aliphatic carbocycles. The molecule has 0 spiro atoms. The molecule has 11 nitrogen and oxygen atoms in total. The van der Waals surface area contributed by atoms with Crippen molar-refractivity contribution in [1.82, 2.24) is 10.2 Å². The quantitative estimate of drug-likeness (QED) is 0.203. The van der Waals surface area contributed by atoms with Crippen LogP contribution in [0.4, 0.5) is 10.5 Å². The predicted molar refractivity (Wildman–Crippen MR) is 166 cm³/mol. The fraction of sp³-hybridized carbons (Fsp3) is 0.344. The van der Waals surface area contributed by atoms with Gasteiger partial charge in [0.15, 0.2) is 5.72 Å². The largest absolute Gasteiger partial charge is 0.465 e. The van der Waals surface area contributed by atoms with Gasteiger partial charge in [0.1, 0.15) is 17.0 Å². The van der Waals surface area contributed by atoms with Crippen LogP contribution >= 0.6 is 11.8 Å². The van der Waals surface area contributed by atoms with Crippen molar-refractivity contribution in [3.05, 3.63) is 82.9 Å². The van der Waals surface area contributed by atoms with Crippen molar-refractivity contribution in [2.24, 2.45) is 11.5 Å². The average molecular weight is 618 g/mol. The van der Waals surface area contributed by atoms with Gasteiger partial charge in [-0.15, -0.1) is 11.8 Å². The molecule has 230 valence electrons. The number of hydrogen-bond donors (Lipinski definition) is 5. The average Bonchev–Trinajstić information content (AvgIpc) is 3.43. The number of benzene rings is 3. The number of aryl methyl sites for hydroxylation is 1. The summed E-state index contributed by atoms with van der Waals surface area (Å²) in [6.45, 7) is 2.43. The summed E-state index contributed by atoms with van der Waals surface area (Å²) in [4.78, 5) is 41.9. The number of ether oxygens (including phenoxy) is 2. The maximum atomic E-state index is 14.6. The molecule has 2 heterocycles. The molecule has 5 atom stereocenters. The fourth-order valence-corrected chi connectivity index (χ4v) is 8.24. The molecule has 3 aromatic carbocycles. The number of nitrogens with zero attached hydrogens (tertiary/aromatic N) is 1. The Balaban J connectivity index is 1.39. The van der Waals surface area contributed by atoms with Crippen LogP contribution in [-0.2, 0) is 19.9 Å². The summed E-state index contributed by atoms with van der Waals surface area (Å²) in [5.41, 5.74) is 19.6. The van der Waals surface area contributed by atoms with Gasteiger partial charge in [0.2, 0.25) is 11.7 Å². The number of ketones is 1. The zero-order valence-electron chi connectivity index (χ0n) is 24.4. The molecule has 1 saturated heterocycles. The van der Waals surface area contributed by atoms with E-state index in [0.717, 1.165) is 0 Å². The fourth-order valence-electron chi connectivity index (χ4n) is 6.77. The molecule has 2 amide bonds. The lowest BCUT2D eigenvalue weighted by atomic mass is 9.63. The molecule has 3 unspecified atom stereocenters. The molecular weight excluding hydrogens is 582 g/mol. The van der Waals surface area contributed by atoms with Gasteiger partial charge < -0.3 is 36.3 Å². The molecule has 0 bridgehead atoms. The Morgan fingerprint density at radius 3 is 2.48 bits per heavy atom. The van der Waals surface area contributed by atoms with E-state index in [1.54, 1.807) is 24.3 Å². The van der Waals surface area contributed by atoms with Crippen molar-refractivity contribution in [2.45, 2.75) is 53.1 Å². The standard InChI is InChI=1S/C32H35N5O6S/c1-17-15-20(43-19-8-4-3-5-9-19)10-11-21(17)31(34)22-12-13-23(33)26-24(22)25(32(35,42-2)29(31)39)27(44-26)28(38)36-18-7-6-14-37(16-18)30(40)41/h3-5,8-13,15,18,25,27H,6-7,14,16,33-35H2,1-2H3,(H,36,38)(H,40,41)/t18?,25?,27?,31-,32-/m1/s1. The summed E-state index contributed by atoms with van der Waals surface area (Å²) in [5, 5.41) is 11.6. The molecule has 8 N–H and O–H groups in total. The first-order valence-electron chi connectivity index (χ1n) is 14.4. The Hall–Kier alpha value is -4.10. The molecule has 6 rings (SSSR count). The number of hydrogen-bond acceptors (Lipinski definition) is 9. The molecular formula is C32H35N5O6S. The van der Waals surface area contributed by atoms with Gasteiger partial charge in [0.25, 0.3) is 0 Å². The van der Waals surface area contributed by atoms with Crippen molar-refractivity contribution < 1.29 is 29.0 Å². The van der Waals surface area contributed by atoms with E-state index in [1.807, 2.05) is 43.3 Å². The molecule has 12 heteroatoms. The minimum Gasteiger partial charge on any atom is -0.465 e. The molecule has 0 aromatic heterocycles. The van der Waals surface area contributed by atoms with Crippen molar-refractivity contribution in [3.63, 3.8) is 0 Å². The van der Waals surface area contributed by atoms with E-state index in [2.05, 4.69) is 5.32 Å². The summed E-state index contributed by atoms with van der Waals surface area (Å²) in [6.07, 6.45) is 0.220. The third-order valence-corrected chi connectivity index (χ3v) is 10.4. The Morgan fingerprint density at radius 2 is 1.80 bits per heavy atom. The predicted octanol–water partition coefficient (Wildman–Crippen LogP) is 3.27. The van der Waals surface area contributed by atoms with E-state index in [4.69, 9.17) is 26.7 Å². The van der Waals surface area contributed by atoms with Crippen molar-refractivity contribution in [1.29, 1.82) is 0 Å². The number of carboxylic acid groups (broad SMARTS) is 1. The number of methoxy groups -OCH3 is 1. The van der Waals surface area contributed by atoms with Crippen LogP contribution in [0.15, 0.2) is 65.6 Å². The normalized spacial score (nSPS) is 27.5. The number of carbonyl (C=O) groups is 3. The zero-order chi connectivity index (χ0) is 31.4. The number of amides is 2. The van der Waals surface area contributed by atoms with E-state index in [-0.39, 0.29) is 18.5 Å². The summed E-state index contributed by atoms with van der Waals surface area (Å²) < 4.78 is 11.8. The minimum atomic E-state index is -1.97. The second-order valence-electron chi connectivity index (χ2n) is 11.6. The number of nitrogen functional groups attached to an aromatic ring is 1. The molecule has 0 radical (unpaired) electrons. The Kier molecular flexibility index (Phi) is 7.57. The number of thioether (sulfide) groups is 1. The van der Waals surface area contributed by atoms with Gasteiger partial charge in [-0.05, 0) is 72.4 Å². The Bertz CT molecular complexity index is 1650. The SMILES string of the molecule is CO[C@@]1(N)C(=O)[C@@](N)(c2ccc(Oc3ccccc3)cc2C)c2ccc(N)c3c2C1C(C(=O)NC1CCCN(C(=O)O)C1)S3. The van der Waals surface area contributed by atoms with Crippen LogP contribution in [0, 0.1) is 6.92 Å². The molecule has 3 aliphatic rings. The van der Waals surface area contributed by atoms with E-state index in [1.165, 1.54) is 23.8 Å². The maximum absolute atomic E-state index is 14.6. The smallest absolute Gasteiger partial charge is 0.407 e. The molecule has 3 aromatic rings. The van der Waals surface area contributed by atoms with Crippen molar-refractivity contribution in [3.8, 4) is 11.5 Å². The van der Waals surface area contributed by atoms with Crippen molar-refractivity contribution >= 4 is 35.2 Å². The number of carbonyl (C=O) groups excluding carboxylic acids is 2. The summed E-state index contributed by atoms with van der Waals surface area (Å²) in [6, 6.07) is 17.7. The van der Waals surface area contributed by atoms with E-state index in [0.29, 0.717) is 63.7 Å². The highest BCUT2D eigenvalue weighted by Crippen LogP contribution is 2.59. The van der Waals surface area contributed by atoms with Gasteiger partial charge in [-0.25, -0.2) is 4.79 Å². The highest BCUT2D eigenvalue weighted by Gasteiger charge is 2.64. The zero-order valence-corrected chi connectivity index (χ0v) is 25.2. The van der Waals surface area contributed by atoms with Crippen LogP contribution < -0.4 is 27.3 Å². The number of piperidine rings is 1. The van der Waals surface area contributed by atoms with Crippen LogP contribution in [0.3, 0.4) is 0 Å². The van der Waals surface area contributed by atoms with Crippen LogP contribution in [0.1, 0.15) is 41.0 Å². The third-order valence-electron chi connectivity index (χ3n) is 8.92. The van der Waals surface area contributed by atoms with Crippen molar-refractivity contribution in [2.75, 3.05) is 25.9 Å². The minimum absolute atomic E-state index is 0.176. The third kappa shape index (κ3) is 4.69. The summed E-state index contributed by atoms with van der Waals surface area (Å²) >= 11 is 1.22. The van der Waals surface area contributed by atoms with E-state index < -0.39 is 34.3 Å².